The Hall–Kier alpha value is -2.88. The first kappa shape index (κ1) is 15.0. The summed E-state index contributed by atoms with van der Waals surface area (Å²) in [6.45, 7) is 0.486. The molecule has 116 valence electrons. The number of amides is 1. The van der Waals surface area contributed by atoms with Gasteiger partial charge in [-0.25, -0.2) is 0 Å². The highest BCUT2D eigenvalue weighted by Crippen LogP contribution is 2.12. The normalized spacial score (nSPS) is 10.7. The Morgan fingerprint density at radius 2 is 1.65 bits per heavy atom. The Morgan fingerprint density at radius 3 is 2.30 bits per heavy atom. The Bertz CT molecular complexity index is 909. The molecule has 1 aromatic heterocycles. The molecule has 3 rings (SSSR count). The SMILES string of the molecule is CN(C)C(=O)c1ccc(Cn2cc3ccccc3cc2=O)cc1. The first-order valence-electron chi connectivity index (χ1n) is 7.44. The van der Waals surface area contributed by atoms with Gasteiger partial charge >= 0.3 is 0 Å². The van der Waals surface area contributed by atoms with E-state index in [1.807, 2.05) is 42.6 Å². The molecule has 0 aliphatic rings. The maximum absolute atomic E-state index is 12.2. The first-order valence-corrected chi connectivity index (χ1v) is 7.44. The number of aromatic nitrogens is 1. The summed E-state index contributed by atoms with van der Waals surface area (Å²) in [5, 5.41) is 1.98. The predicted octanol–water partition coefficient (Wildman–Crippen LogP) is 2.75. The summed E-state index contributed by atoms with van der Waals surface area (Å²) in [7, 11) is 3.45. The molecule has 23 heavy (non-hydrogen) atoms. The van der Waals surface area contributed by atoms with Crippen molar-refractivity contribution in [3.63, 3.8) is 0 Å². The third-order valence-corrected chi connectivity index (χ3v) is 3.81. The summed E-state index contributed by atoms with van der Waals surface area (Å²) in [6.07, 6.45) is 1.87. The molecule has 0 saturated heterocycles. The minimum atomic E-state index is -0.0304. The van der Waals surface area contributed by atoms with E-state index >= 15 is 0 Å². The van der Waals surface area contributed by atoms with Gasteiger partial charge in [0.2, 0.25) is 0 Å². The van der Waals surface area contributed by atoms with Gasteiger partial charge in [-0.1, -0.05) is 36.4 Å². The number of benzene rings is 2. The van der Waals surface area contributed by atoms with Crippen LogP contribution in [0.3, 0.4) is 0 Å². The Labute approximate surface area is 134 Å². The smallest absolute Gasteiger partial charge is 0.253 e. The van der Waals surface area contributed by atoms with E-state index in [4.69, 9.17) is 0 Å². The third kappa shape index (κ3) is 3.16. The largest absolute Gasteiger partial charge is 0.345 e. The van der Waals surface area contributed by atoms with Crippen LogP contribution in [0.25, 0.3) is 10.8 Å². The highest BCUT2D eigenvalue weighted by atomic mass is 16.2. The van der Waals surface area contributed by atoms with Crippen molar-refractivity contribution >= 4 is 16.7 Å². The van der Waals surface area contributed by atoms with Crippen molar-refractivity contribution < 1.29 is 4.79 Å². The zero-order chi connectivity index (χ0) is 16.4. The first-order chi connectivity index (χ1) is 11.0. The van der Waals surface area contributed by atoms with Gasteiger partial charge in [0.25, 0.3) is 11.5 Å². The molecule has 0 radical (unpaired) electrons. The lowest BCUT2D eigenvalue weighted by Crippen LogP contribution is -2.22. The van der Waals surface area contributed by atoms with Crippen LogP contribution >= 0.6 is 0 Å². The summed E-state index contributed by atoms with van der Waals surface area (Å²) in [5.74, 6) is -0.0283. The van der Waals surface area contributed by atoms with Crippen LogP contribution in [0.4, 0.5) is 0 Å². The molecule has 0 N–H and O–H groups in total. The molecule has 0 bridgehead atoms. The molecule has 0 aliphatic carbocycles. The molecule has 4 heteroatoms. The lowest BCUT2D eigenvalue weighted by Gasteiger charge is -2.11. The molecule has 0 saturated carbocycles. The molecule has 0 spiro atoms. The fourth-order valence-corrected chi connectivity index (χ4v) is 2.54. The third-order valence-electron chi connectivity index (χ3n) is 3.81. The van der Waals surface area contributed by atoms with Gasteiger partial charge in [0, 0.05) is 31.9 Å². The zero-order valence-corrected chi connectivity index (χ0v) is 13.2. The van der Waals surface area contributed by atoms with Gasteiger partial charge in [-0.05, 0) is 28.5 Å². The second-order valence-electron chi connectivity index (χ2n) is 5.76. The zero-order valence-electron chi connectivity index (χ0n) is 13.2. The van der Waals surface area contributed by atoms with Crippen molar-refractivity contribution in [3.05, 3.63) is 82.3 Å². The molecule has 1 heterocycles. The lowest BCUT2D eigenvalue weighted by molar-refractivity contribution is 0.0827. The van der Waals surface area contributed by atoms with E-state index in [1.54, 1.807) is 41.8 Å². The van der Waals surface area contributed by atoms with Crippen LogP contribution in [-0.4, -0.2) is 29.5 Å². The number of carbonyl (C=O) groups excluding carboxylic acids is 1. The highest BCUT2D eigenvalue weighted by Gasteiger charge is 2.07. The van der Waals surface area contributed by atoms with Gasteiger partial charge < -0.3 is 9.47 Å². The van der Waals surface area contributed by atoms with E-state index in [-0.39, 0.29) is 11.5 Å². The molecule has 3 aromatic rings. The fraction of sp³-hybridized carbons (Fsp3) is 0.158. The van der Waals surface area contributed by atoms with Crippen molar-refractivity contribution in [2.45, 2.75) is 6.54 Å². The van der Waals surface area contributed by atoms with E-state index < -0.39 is 0 Å². The van der Waals surface area contributed by atoms with Gasteiger partial charge in [0.15, 0.2) is 0 Å². The summed E-state index contributed by atoms with van der Waals surface area (Å²) in [6, 6.07) is 16.8. The van der Waals surface area contributed by atoms with Crippen LogP contribution in [0.1, 0.15) is 15.9 Å². The van der Waals surface area contributed by atoms with Crippen LogP contribution in [0.2, 0.25) is 0 Å². The quantitative estimate of drug-likeness (QED) is 0.746. The van der Waals surface area contributed by atoms with Gasteiger partial charge in [-0.2, -0.15) is 0 Å². The van der Waals surface area contributed by atoms with E-state index in [0.29, 0.717) is 12.1 Å². The lowest BCUT2D eigenvalue weighted by atomic mass is 10.1. The van der Waals surface area contributed by atoms with E-state index in [9.17, 15) is 9.59 Å². The second kappa shape index (κ2) is 6.08. The maximum atomic E-state index is 12.2. The minimum absolute atomic E-state index is 0.0283. The topological polar surface area (TPSA) is 42.3 Å². The average Bonchev–Trinajstić information content (AvgIpc) is 2.55. The van der Waals surface area contributed by atoms with Gasteiger partial charge in [0.1, 0.15) is 0 Å². The average molecular weight is 306 g/mol. The molecule has 1 amide bonds. The van der Waals surface area contributed by atoms with Crippen molar-refractivity contribution in [2.75, 3.05) is 14.1 Å². The number of nitrogens with zero attached hydrogens (tertiary/aromatic N) is 2. The van der Waals surface area contributed by atoms with Crippen molar-refractivity contribution in [1.29, 1.82) is 0 Å². The van der Waals surface area contributed by atoms with E-state index in [0.717, 1.165) is 16.3 Å². The fourth-order valence-electron chi connectivity index (χ4n) is 2.54. The number of carbonyl (C=O) groups is 1. The Balaban J connectivity index is 1.89. The molecule has 0 unspecified atom stereocenters. The van der Waals surface area contributed by atoms with Gasteiger partial charge in [0.05, 0.1) is 6.54 Å². The minimum Gasteiger partial charge on any atom is -0.345 e. The summed E-state index contributed by atoms with van der Waals surface area (Å²) < 4.78 is 1.69. The summed E-state index contributed by atoms with van der Waals surface area (Å²) >= 11 is 0. The van der Waals surface area contributed by atoms with Crippen LogP contribution in [-0.2, 0) is 6.54 Å². The van der Waals surface area contributed by atoms with Crippen LogP contribution in [0.15, 0.2) is 65.6 Å². The maximum Gasteiger partial charge on any atom is 0.253 e. The van der Waals surface area contributed by atoms with Crippen LogP contribution in [0.5, 0.6) is 0 Å². The van der Waals surface area contributed by atoms with Crippen molar-refractivity contribution in [2.24, 2.45) is 0 Å². The van der Waals surface area contributed by atoms with Gasteiger partial charge in [-0.15, -0.1) is 0 Å². The number of hydrogen-bond donors (Lipinski definition) is 0. The van der Waals surface area contributed by atoms with Gasteiger partial charge in [-0.3, -0.25) is 9.59 Å². The molecule has 4 nitrogen and oxygen atoms in total. The molecule has 2 aromatic carbocycles. The number of hydrogen-bond acceptors (Lipinski definition) is 2. The number of fused-ring (bicyclic) bond motifs is 1. The van der Waals surface area contributed by atoms with Crippen molar-refractivity contribution in [1.82, 2.24) is 9.47 Å². The molecule has 0 atom stereocenters. The van der Waals surface area contributed by atoms with E-state index in [2.05, 4.69) is 0 Å². The summed E-state index contributed by atoms with van der Waals surface area (Å²) in [5.41, 5.74) is 1.60. The Morgan fingerprint density at radius 1 is 1.00 bits per heavy atom. The molecule has 0 fully saturated rings. The molecular weight excluding hydrogens is 288 g/mol. The standard InChI is InChI=1S/C19H18N2O2/c1-20(2)19(23)15-9-7-14(8-10-15)12-21-13-17-6-4-3-5-16(17)11-18(21)22/h3-11,13H,12H2,1-2H3. The van der Waals surface area contributed by atoms with Crippen LogP contribution < -0.4 is 5.56 Å². The molecular formula is C19H18N2O2. The second-order valence-corrected chi connectivity index (χ2v) is 5.76. The van der Waals surface area contributed by atoms with Crippen molar-refractivity contribution in [3.8, 4) is 0 Å². The summed E-state index contributed by atoms with van der Waals surface area (Å²) in [4.78, 5) is 25.6. The van der Waals surface area contributed by atoms with E-state index in [1.165, 1.54) is 0 Å². The predicted molar refractivity (Wildman–Crippen MR) is 91.8 cm³/mol. The number of rotatable bonds is 3. The monoisotopic (exact) mass is 306 g/mol. The highest BCUT2D eigenvalue weighted by molar-refractivity contribution is 5.93. The molecule has 0 aliphatic heterocycles. The Kier molecular flexibility index (Phi) is 3.98. The van der Waals surface area contributed by atoms with Crippen LogP contribution in [0, 0.1) is 0 Å². The number of pyridine rings is 1.